The summed E-state index contributed by atoms with van der Waals surface area (Å²) >= 11 is 6.09. The van der Waals surface area contributed by atoms with Crippen LogP contribution in [0.3, 0.4) is 0 Å². The average Bonchev–Trinajstić information content (AvgIpc) is 3.22. The molecule has 0 bridgehead atoms. The van der Waals surface area contributed by atoms with E-state index in [4.69, 9.17) is 20.4 Å². The highest BCUT2D eigenvalue weighted by Crippen LogP contribution is 2.23. The van der Waals surface area contributed by atoms with Crippen LogP contribution in [0.25, 0.3) is 11.0 Å². The van der Waals surface area contributed by atoms with Crippen LogP contribution in [-0.2, 0) is 6.54 Å². The van der Waals surface area contributed by atoms with Crippen molar-refractivity contribution in [3.8, 4) is 5.75 Å². The fourth-order valence-electron chi connectivity index (χ4n) is 2.84. The van der Waals surface area contributed by atoms with Crippen molar-refractivity contribution in [1.29, 1.82) is 0 Å². The molecule has 0 spiro atoms. The molecule has 2 N–H and O–H groups in total. The number of phenolic OH excluding ortho intramolecular Hbond substituents is 1. The normalized spacial score (nSPS) is 11.7. The Labute approximate surface area is 171 Å². The van der Waals surface area contributed by atoms with Gasteiger partial charge >= 0.3 is 0 Å². The van der Waals surface area contributed by atoms with E-state index in [2.05, 4.69) is 10.3 Å². The molecule has 0 aliphatic heterocycles. The average molecular weight is 409 g/mol. The second kappa shape index (κ2) is 7.85. The summed E-state index contributed by atoms with van der Waals surface area (Å²) in [5, 5.41) is 13.8. The predicted octanol–water partition coefficient (Wildman–Crippen LogP) is 4.86. The summed E-state index contributed by atoms with van der Waals surface area (Å²) in [6.45, 7) is 2.10. The maximum atomic E-state index is 12.8. The number of carbonyl (C=O) groups is 1. The lowest BCUT2D eigenvalue weighted by Gasteiger charge is -2.07. The molecule has 146 valence electrons. The largest absolute Gasteiger partial charge is 0.508 e. The SMILES string of the molecule is Cc1cc(N=c2oc3cc(O)ccc3cc2C(=O)NCc2ccco2)ccc1Cl. The van der Waals surface area contributed by atoms with Crippen LogP contribution in [0.5, 0.6) is 5.75 Å². The number of hydrogen-bond acceptors (Lipinski definition) is 5. The van der Waals surface area contributed by atoms with Crippen molar-refractivity contribution in [3.05, 3.63) is 88.3 Å². The van der Waals surface area contributed by atoms with Crippen LogP contribution in [-0.4, -0.2) is 11.0 Å². The van der Waals surface area contributed by atoms with Gasteiger partial charge in [-0.05, 0) is 61.0 Å². The van der Waals surface area contributed by atoms with E-state index in [1.54, 1.807) is 48.7 Å². The summed E-state index contributed by atoms with van der Waals surface area (Å²) in [5.41, 5.74) is 2.26. The highest BCUT2D eigenvalue weighted by atomic mass is 35.5. The lowest BCUT2D eigenvalue weighted by molar-refractivity contribution is 0.0944. The molecule has 0 aliphatic rings. The second-order valence-electron chi connectivity index (χ2n) is 6.49. The van der Waals surface area contributed by atoms with Gasteiger partial charge in [0.25, 0.3) is 5.91 Å². The van der Waals surface area contributed by atoms with Crippen molar-refractivity contribution in [2.24, 2.45) is 4.99 Å². The fraction of sp³-hybridized carbons (Fsp3) is 0.0909. The summed E-state index contributed by atoms with van der Waals surface area (Å²) in [7, 11) is 0. The smallest absolute Gasteiger partial charge is 0.257 e. The number of phenols is 1. The molecule has 0 fully saturated rings. The number of amides is 1. The molecule has 0 saturated carbocycles. The monoisotopic (exact) mass is 408 g/mol. The Morgan fingerprint density at radius 1 is 1.17 bits per heavy atom. The van der Waals surface area contributed by atoms with Crippen LogP contribution in [0.1, 0.15) is 21.7 Å². The number of fused-ring (bicyclic) bond motifs is 1. The first kappa shape index (κ1) is 18.8. The van der Waals surface area contributed by atoms with Gasteiger partial charge in [-0.15, -0.1) is 0 Å². The molecule has 1 amide bonds. The number of nitrogens with one attached hydrogen (secondary N) is 1. The minimum atomic E-state index is -0.357. The lowest BCUT2D eigenvalue weighted by Crippen LogP contribution is -2.28. The zero-order chi connectivity index (χ0) is 20.4. The van der Waals surface area contributed by atoms with Gasteiger partial charge in [-0.2, -0.15) is 0 Å². The van der Waals surface area contributed by atoms with Crippen molar-refractivity contribution in [1.82, 2.24) is 5.32 Å². The summed E-state index contributed by atoms with van der Waals surface area (Å²) in [5.74, 6) is 0.335. The first-order valence-electron chi connectivity index (χ1n) is 8.88. The Kier molecular flexibility index (Phi) is 5.10. The Hall–Kier alpha value is -3.51. The molecule has 2 aromatic carbocycles. The number of aryl methyl sites for hydroxylation is 1. The highest BCUT2D eigenvalue weighted by Gasteiger charge is 2.14. The molecular formula is C22H17ClN2O4. The molecule has 4 rings (SSSR count). The molecule has 6 nitrogen and oxygen atoms in total. The molecule has 2 aromatic heterocycles. The summed E-state index contributed by atoms with van der Waals surface area (Å²) < 4.78 is 11.1. The molecule has 0 atom stereocenters. The molecular weight excluding hydrogens is 392 g/mol. The van der Waals surface area contributed by atoms with Crippen molar-refractivity contribution in [2.75, 3.05) is 0 Å². The topological polar surface area (TPSA) is 88.0 Å². The van der Waals surface area contributed by atoms with Crippen LogP contribution >= 0.6 is 11.6 Å². The second-order valence-corrected chi connectivity index (χ2v) is 6.90. The van der Waals surface area contributed by atoms with Gasteiger partial charge in [-0.1, -0.05) is 11.6 Å². The molecule has 2 heterocycles. The van der Waals surface area contributed by atoms with Gasteiger partial charge in [0.15, 0.2) is 0 Å². The molecule has 0 unspecified atom stereocenters. The third-order valence-corrected chi connectivity index (χ3v) is 4.78. The number of hydrogen-bond donors (Lipinski definition) is 2. The Morgan fingerprint density at radius 2 is 2.03 bits per heavy atom. The zero-order valence-electron chi connectivity index (χ0n) is 15.5. The maximum absolute atomic E-state index is 12.8. The third-order valence-electron chi connectivity index (χ3n) is 4.35. The van der Waals surface area contributed by atoms with E-state index >= 15 is 0 Å². The van der Waals surface area contributed by atoms with E-state index in [1.165, 1.54) is 12.1 Å². The molecule has 0 saturated heterocycles. The molecule has 0 aliphatic carbocycles. The van der Waals surface area contributed by atoms with E-state index < -0.39 is 0 Å². The number of furan rings is 1. The maximum Gasteiger partial charge on any atom is 0.257 e. The van der Waals surface area contributed by atoms with Crippen LogP contribution in [0, 0.1) is 6.92 Å². The number of nitrogens with zero attached hydrogens (tertiary/aromatic N) is 1. The van der Waals surface area contributed by atoms with Crippen molar-refractivity contribution < 1.29 is 18.7 Å². The molecule has 7 heteroatoms. The number of aromatic hydroxyl groups is 1. The highest BCUT2D eigenvalue weighted by molar-refractivity contribution is 6.31. The Bertz CT molecular complexity index is 1260. The quantitative estimate of drug-likeness (QED) is 0.505. The first-order chi connectivity index (χ1) is 14.0. The van der Waals surface area contributed by atoms with Gasteiger partial charge < -0.3 is 19.3 Å². The van der Waals surface area contributed by atoms with Gasteiger partial charge in [-0.3, -0.25) is 4.79 Å². The van der Waals surface area contributed by atoms with E-state index in [1.807, 2.05) is 6.92 Å². The number of halogens is 1. The van der Waals surface area contributed by atoms with E-state index in [0.29, 0.717) is 27.4 Å². The van der Waals surface area contributed by atoms with E-state index in [0.717, 1.165) is 5.56 Å². The van der Waals surface area contributed by atoms with Crippen LogP contribution in [0.2, 0.25) is 5.02 Å². The van der Waals surface area contributed by atoms with E-state index in [9.17, 15) is 9.90 Å². The third kappa shape index (κ3) is 4.17. The predicted molar refractivity (Wildman–Crippen MR) is 109 cm³/mol. The van der Waals surface area contributed by atoms with Crippen LogP contribution < -0.4 is 10.9 Å². The summed E-state index contributed by atoms with van der Waals surface area (Å²) in [6, 6.07) is 15.2. The van der Waals surface area contributed by atoms with Crippen molar-refractivity contribution >= 4 is 34.2 Å². The number of benzene rings is 2. The van der Waals surface area contributed by atoms with Gasteiger partial charge in [0.05, 0.1) is 18.5 Å². The fourth-order valence-corrected chi connectivity index (χ4v) is 2.96. The number of carbonyl (C=O) groups excluding carboxylic acids is 1. The standard InChI is InChI=1S/C22H17ClN2O4/c1-13-9-15(5-7-19(13)23)25-22-18(21(27)24-12-17-3-2-8-28-17)10-14-4-6-16(26)11-20(14)29-22/h2-11,26H,12H2,1H3,(H,24,27). The van der Waals surface area contributed by atoms with E-state index in [-0.39, 0.29) is 29.3 Å². The van der Waals surface area contributed by atoms with Gasteiger partial charge in [0.2, 0.25) is 5.55 Å². The van der Waals surface area contributed by atoms with Crippen molar-refractivity contribution in [3.63, 3.8) is 0 Å². The number of rotatable bonds is 4. The zero-order valence-corrected chi connectivity index (χ0v) is 16.2. The molecule has 0 radical (unpaired) electrons. The Morgan fingerprint density at radius 3 is 2.79 bits per heavy atom. The van der Waals surface area contributed by atoms with Crippen molar-refractivity contribution in [2.45, 2.75) is 13.5 Å². The van der Waals surface area contributed by atoms with Crippen LogP contribution in [0.4, 0.5) is 5.69 Å². The van der Waals surface area contributed by atoms with Gasteiger partial charge in [0, 0.05) is 16.5 Å². The van der Waals surface area contributed by atoms with Crippen LogP contribution in [0.15, 0.2) is 74.7 Å². The summed E-state index contributed by atoms with van der Waals surface area (Å²) in [4.78, 5) is 17.3. The minimum Gasteiger partial charge on any atom is -0.508 e. The lowest BCUT2D eigenvalue weighted by atomic mass is 10.1. The first-order valence-corrected chi connectivity index (χ1v) is 9.26. The minimum absolute atomic E-state index is 0.0598. The Balaban J connectivity index is 1.80. The van der Waals surface area contributed by atoms with Gasteiger partial charge in [-0.25, -0.2) is 4.99 Å². The summed E-state index contributed by atoms with van der Waals surface area (Å²) in [6.07, 6.45) is 1.54. The molecule has 4 aromatic rings. The molecule has 29 heavy (non-hydrogen) atoms. The van der Waals surface area contributed by atoms with Gasteiger partial charge in [0.1, 0.15) is 22.7 Å².